The monoisotopic (exact) mass is 278 g/mol. The molecule has 0 aliphatic carbocycles. The summed E-state index contributed by atoms with van der Waals surface area (Å²) >= 11 is 0. The van der Waals surface area contributed by atoms with E-state index in [0.717, 1.165) is 30.8 Å². The highest BCUT2D eigenvalue weighted by atomic mass is 16.3. The van der Waals surface area contributed by atoms with E-state index in [-0.39, 0.29) is 11.9 Å². The molecule has 110 valence electrons. The number of hydrogen-bond donors (Lipinski definition) is 3. The first-order valence-corrected chi connectivity index (χ1v) is 7.31. The molecule has 6 nitrogen and oxygen atoms in total. The third-order valence-corrected chi connectivity index (χ3v) is 4.40. The molecule has 0 bridgehead atoms. The fourth-order valence-electron chi connectivity index (χ4n) is 3.05. The number of amides is 1. The van der Waals surface area contributed by atoms with Gasteiger partial charge in [0.05, 0.1) is 29.4 Å². The standard InChI is InChI=1S/C14H22N4O2/c1-14(20)3-2-5-18(6-4-14)13(19)11-7-10-12(8-15-11)17-9-16-10/h9,11,15,20H,2-8H2,1H3,(H,16,17). The lowest BCUT2D eigenvalue weighted by molar-refractivity contribution is -0.133. The Bertz CT molecular complexity index is 497. The lowest BCUT2D eigenvalue weighted by Gasteiger charge is -2.29. The van der Waals surface area contributed by atoms with Gasteiger partial charge in [-0.1, -0.05) is 0 Å². The average Bonchev–Trinajstić information content (AvgIpc) is 2.81. The highest BCUT2D eigenvalue weighted by Gasteiger charge is 2.32. The maximum absolute atomic E-state index is 12.6. The zero-order valence-corrected chi connectivity index (χ0v) is 11.9. The molecule has 6 heteroatoms. The van der Waals surface area contributed by atoms with E-state index in [9.17, 15) is 9.90 Å². The molecule has 0 aromatic carbocycles. The van der Waals surface area contributed by atoms with Crippen LogP contribution in [0, 0.1) is 0 Å². The van der Waals surface area contributed by atoms with Crippen LogP contribution >= 0.6 is 0 Å². The van der Waals surface area contributed by atoms with Crippen LogP contribution in [0.5, 0.6) is 0 Å². The van der Waals surface area contributed by atoms with E-state index >= 15 is 0 Å². The van der Waals surface area contributed by atoms with E-state index in [4.69, 9.17) is 0 Å². The van der Waals surface area contributed by atoms with Gasteiger partial charge in [-0.2, -0.15) is 0 Å². The number of aliphatic hydroxyl groups is 1. The number of rotatable bonds is 1. The van der Waals surface area contributed by atoms with Crippen molar-refractivity contribution >= 4 is 5.91 Å². The quantitative estimate of drug-likeness (QED) is 0.685. The summed E-state index contributed by atoms with van der Waals surface area (Å²) in [5, 5.41) is 13.4. The number of aromatic nitrogens is 2. The van der Waals surface area contributed by atoms with E-state index in [1.807, 2.05) is 11.8 Å². The number of nitrogens with one attached hydrogen (secondary N) is 2. The van der Waals surface area contributed by atoms with Crippen molar-refractivity contribution in [3.05, 3.63) is 17.7 Å². The lowest BCUT2D eigenvalue weighted by Crippen LogP contribution is -2.50. The van der Waals surface area contributed by atoms with Crippen LogP contribution in [0.25, 0.3) is 0 Å². The Balaban J connectivity index is 1.65. The van der Waals surface area contributed by atoms with E-state index in [2.05, 4.69) is 15.3 Å². The van der Waals surface area contributed by atoms with Gasteiger partial charge >= 0.3 is 0 Å². The second-order valence-corrected chi connectivity index (χ2v) is 6.14. The number of hydrogen-bond acceptors (Lipinski definition) is 4. The molecule has 20 heavy (non-hydrogen) atoms. The third kappa shape index (κ3) is 2.71. The SMILES string of the molecule is CC1(O)CCCN(C(=O)C2Cc3nc[nH]c3CN2)CC1. The first kappa shape index (κ1) is 13.6. The van der Waals surface area contributed by atoms with Crippen LogP contribution in [-0.4, -0.2) is 50.6 Å². The number of imidazole rings is 1. The maximum Gasteiger partial charge on any atom is 0.240 e. The number of likely N-dealkylation sites (tertiary alicyclic amines) is 1. The molecule has 1 aromatic heterocycles. The van der Waals surface area contributed by atoms with E-state index < -0.39 is 5.60 Å². The second kappa shape index (κ2) is 5.18. The van der Waals surface area contributed by atoms with Crippen molar-refractivity contribution in [2.75, 3.05) is 13.1 Å². The highest BCUT2D eigenvalue weighted by molar-refractivity contribution is 5.82. The zero-order chi connectivity index (χ0) is 14.2. The lowest BCUT2D eigenvalue weighted by atomic mass is 9.98. The van der Waals surface area contributed by atoms with Gasteiger partial charge in [0.25, 0.3) is 0 Å². The Labute approximate surface area is 118 Å². The molecule has 0 radical (unpaired) electrons. The predicted molar refractivity (Wildman–Crippen MR) is 74.0 cm³/mol. The van der Waals surface area contributed by atoms with Crippen LogP contribution in [0.1, 0.15) is 37.6 Å². The molecule has 1 amide bonds. The van der Waals surface area contributed by atoms with E-state index in [0.29, 0.717) is 25.9 Å². The molecule has 3 heterocycles. The van der Waals surface area contributed by atoms with Gasteiger partial charge < -0.3 is 15.0 Å². The van der Waals surface area contributed by atoms with Gasteiger partial charge in [0.2, 0.25) is 5.91 Å². The summed E-state index contributed by atoms with van der Waals surface area (Å²) in [6.45, 7) is 3.89. The van der Waals surface area contributed by atoms with E-state index in [1.54, 1.807) is 6.33 Å². The van der Waals surface area contributed by atoms with Crippen LogP contribution in [0.2, 0.25) is 0 Å². The number of fused-ring (bicyclic) bond motifs is 1. The minimum absolute atomic E-state index is 0.136. The largest absolute Gasteiger partial charge is 0.390 e. The summed E-state index contributed by atoms with van der Waals surface area (Å²) in [5.74, 6) is 0.136. The Hall–Kier alpha value is -1.40. The number of H-pyrrole nitrogens is 1. The number of aromatic amines is 1. The molecule has 1 aromatic rings. The van der Waals surface area contributed by atoms with Crippen LogP contribution in [0.4, 0.5) is 0 Å². The van der Waals surface area contributed by atoms with Crippen molar-refractivity contribution in [2.45, 2.75) is 50.8 Å². The summed E-state index contributed by atoms with van der Waals surface area (Å²) in [6.07, 6.45) is 4.60. The molecule has 3 N–H and O–H groups in total. The summed E-state index contributed by atoms with van der Waals surface area (Å²) in [4.78, 5) is 21.8. The van der Waals surface area contributed by atoms with Gasteiger partial charge in [-0.25, -0.2) is 4.98 Å². The van der Waals surface area contributed by atoms with Crippen molar-refractivity contribution < 1.29 is 9.90 Å². The molecule has 2 aliphatic rings. The number of nitrogens with zero attached hydrogens (tertiary/aromatic N) is 2. The zero-order valence-electron chi connectivity index (χ0n) is 11.9. The molecule has 0 saturated carbocycles. The van der Waals surface area contributed by atoms with Gasteiger partial charge in [-0.05, 0) is 26.2 Å². The number of carbonyl (C=O) groups is 1. The van der Waals surface area contributed by atoms with Crippen molar-refractivity contribution in [2.24, 2.45) is 0 Å². The average molecular weight is 278 g/mol. The summed E-state index contributed by atoms with van der Waals surface area (Å²) in [6, 6.07) is -0.186. The van der Waals surface area contributed by atoms with Crippen LogP contribution in [0.15, 0.2) is 6.33 Å². The second-order valence-electron chi connectivity index (χ2n) is 6.14. The normalized spacial score (nSPS) is 30.7. The molecule has 1 fully saturated rings. The maximum atomic E-state index is 12.6. The molecule has 0 spiro atoms. The first-order valence-electron chi connectivity index (χ1n) is 7.31. The Kier molecular flexibility index (Phi) is 3.52. The fraction of sp³-hybridized carbons (Fsp3) is 0.714. The molecule has 1 saturated heterocycles. The van der Waals surface area contributed by atoms with Gasteiger partial charge in [0.15, 0.2) is 0 Å². The van der Waals surface area contributed by atoms with Crippen molar-refractivity contribution in [1.82, 2.24) is 20.2 Å². The first-order chi connectivity index (χ1) is 9.55. The van der Waals surface area contributed by atoms with Crippen LogP contribution in [0.3, 0.4) is 0 Å². The van der Waals surface area contributed by atoms with Gasteiger partial charge in [0, 0.05) is 26.1 Å². The van der Waals surface area contributed by atoms with Crippen LogP contribution in [-0.2, 0) is 17.8 Å². The topological polar surface area (TPSA) is 81.2 Å². The molecule has 3 rings (SSSR count). The minimum Gasteiger partial charge on any atom is -0.390 e. The summed E-state index contributed by atoms with van der Waals surface area (Å²) < 4.78 is 0. The van der Waals surface area contributed by atoms with Crippen LogP contribution < -0.4 is 5.32 Å². The van der Waals surface area contributed by atoms with Crippen molar-refractivity contribution in [3.8, 4) is 0 Å². The molecule has 2 unspecified atom stereocenters. The molecular formula is C14H22N4O2. The third-order valence-electron chi connectivity index (χ3n) is 4.40. The van der Waals surface area contributed by atoms with Gasteiger partial charge in [0.1, 0.15) is 0 Å². The molecule has 2 atom stereocenters. The minimum atomic E-state index is -0.635. The van der Waals surface area contributed by atoms with Gasteiger partial charge in [-0.15, -0.1) is 0 Å². The smallest absolute Gasteiger partial charge is 0.240 e. The van der Waals surface area contributed by atoms with Crippen molar-refractivity contribution in [1.29, 1.82) is 0 Å². The molecular weight excluding hydrogens is 256 g/mol. The summed E-state index contributed by atoms with van der Waals surface area (Å²) in [7, 11) is 0. The number of carbonyl (C=O) groups excluding carboxylic acids is 1. The Morgan fingerprint density at radius 2 is 2.35 bits per heavy atom. The Morgan fingerprint density at radius 3 is 3.20 bits per heavy atom. The van der Waals surface area contributed by atoms with E-state index in [1.165, 1.54) is 0 Å². The van der Waals surface area contributed by atoms with Crippen molar-refractivity contribution in [3.63, 3.8) is 0 Å². The Morgan fingerprint density at radius 1 is 1.50 bits per heavy atom. The molecule has 2 aliphatic heterocycles. The predicted octanol–water partition coefficient (Wildman–Crippen LogP) is 0.187. The van der Waals surface area contributed by atoms with Gasteiger partial charge in [-0.3, -0.25) is 10.1 Å². The summed E-state index contributed by atoms with van der Waals surface area (Å²) in [5.41, 5.74) is 1.43. The fourth-order valence-corrected chi connectivity index (χ4v) is 3.05. The highest BCUT2D eigenvalue weighted by Crippen LogP contribution is 2.22.